The lowest BCUT2D eigenvalue weighted by Crippen LogP contribution is -2.24. The second-order valence-electron chi connectivity index (χ2n) is 7.14. The number of halogens is 1. The largest absolute Gasteiger partial charge is 0.427 e. The molecule has 3 aromatic rings. The van der Waals surface area contributed by atoms with E-state index in [1.807, 2.05) is 42.5 Å². The van der Waals surface area contributed by atoms with E-state index in [9.17, 15) is 14.4 Å². The van der Waals surface area contributed by atoms with Gasteiger partial charge in [0.1, 0.15) is 5.75 Å². The molecule has 0 fully saturated rings. The number of aryl methyl sites for hydroxylation is 1. The number of benzene rings is 3. The molecule has 0 saturated carbocycles. The number of ether oxygens (including phenoxy) is 1. The number of carbonyl (C=O) groups is 3. The molecule has 0 spiro atoms. The third-order valence-electron chi connectivity index (χ3n) is 4.65. The lowest BCUT2D eigenvalue weighted by molar-refractivity contribution is -0.131. The van der Waals surface area contributed by atoms with E-state index < -0.39 is 5.97 Å². The van der Waals surface area contributed by atoms with Crippen molar-refractivity contribution in [2.75, 3.05) is 5.32 Å². The van der Waals surface area contributed by atoms with Gasteiger partial charge in [-0.05, 0) is 53.9 Å². The van der Waals surface area contributed by atoms with Crippen molar-refractivity contribution >= 4 is 39.4 Å². The van der Waals surface area contributed by atoms with Crippen LogP contribution in [0.2, 0.25) is 0 Å². The highest BCUT2D eigenvalue weighted by Gasteiger charge is 2.11. The Balaban J connectivity index is 1.58. The minimum atomic E-state index is -0.455. The molecule has 2 N–H and O–H groups in total. The van der Waals surface area contributed by atoms with Gasteiger partial charge >= 0.3 is 5.97 Å². The molecule has 0 aliphatic carbocycles. The predicted molar refractivity (Wildman–Crippen MR) is 126 cm³/mol. The summed E-state index contributed by atoms with van der Waals surface area (Å²) in [7, 11) is 0. The Morgan fingerprint density at radius 3 is 2.44 bits per heavy atom. The molecule has 0 aromatic heterocycles. The van der Waals surface area contributed by atoms with E-state index >= 15 is 0 Å². The first-order chi connectivity index (χ1) is 15.4. The van der Waals surface area contributed by atoms with Gasteiger partial charge in [-0.15, -0.1) is 0 Å². The fourth-order valence-corrected chi connectivity index (χ4v) is 3.31. The van der Waals surface area contributed by atoms with Crippen LogP contribution in [-0.4, -0.2) is 17.8 Å². The van der Waals surface area contributed by atoms with Gasteiger partial charge in [-0.2, -0.15) is 0 Å². The van der Waals surface area contributed by atoms with Crippen LogP contribution in [0.4, 0.5) is 5.69 Å². The molecule has 0 aliphatic heterocycles. The van der Waals surface area contributed by atoms with Crippen LogP contribution in [-0.2, 0) is 22.6 Å². The first-order valence-corrected chi connectivity index (χ1v) is 10.9. The van der Waals surface area contributed by atoms with Crippen molar-refractivity contribution < 1.29 is 19.1 Å². The van der Waals surface area contributed by atoms with Gasteiger partial charge in [0.2, 0.25) is 5.91 Å². The molecule has 7 heteroatoms. The third-order valence-corrected chi connectivity index (χ3v) is 5.18. The first-order valence-electron chi connectivity index (χ1n) is 10.1. The number of hydrogen-bond acceptors (Lipinski definition) is 4. The van der Waals surface area contributed by atoms with Crippen LogP contribution in [0.25, 0.3) is 0 Å². The standard InChI is InChI=1S/C25H23BrN2O4/c1-17(29)32-22-7-4-6-19(15-22)25(31)28-23-8-3-2-5-20(23)16-27-24(30)14-11-18-9-12-21(26)13-10-18/h2-10,12-13,15H,11,14,16H2,1H3,(H,27,30)(H,28,31). The van der Waals surface area contributed by atoms with Crippen LogP contribution >= 0.6 is 15.9 Å². The van der Waals surface area contributed by atoms with Crippen molar-refractivity contribution in [1.82, 2.24) is 5.32 Å². The van der Waals surface area contributed by atoms with Crippen LogP contribution in [0.5, 0.6) is 5.75 Å². The van der Waals surface area contributed by atoms with E-state index in [1.165, 1.54) is 13.0 Å². The van der Waals surface area contributed by atoms with E-state index in [1.54, 1.807) is 24.3 Å². The highest BCUT2D eigenvalue weighted by atomic mass is 79.9. The quantitative estimate of drug-likeness (QED) is 0.345. The number of carbonyl (C=O) groups excluding carboxylic acids is 3. The smallest absolute Gasteiger partial charge is 0.308 e. The molecular weight excluding hydrogens is 472 g/mol. The Kier molecular flexibility index (Phi) is 8.16. The molecule has 2 amide bonds. The predicted octanol–water partition coefficient (Wildman–Crippen LogP) is 4.88. The topological polar surface area (TPSA) is 84.5 Å². The molecule has 0 atom stereocenters. The maximum absolute atomic E-state index is 12.7. The van der Waals surface area contributed by atoms with Crippen LogP contribution in [0.15, 0.2) is 77.3 Å². The summed E-state index contributed by atoms with van der Waals surface area (Å²) in [6, 6.07) is 21.5. The van der Waals surface area contributed by atoms with Gasteiger partial charge in [-0.3, -0.25) is 14.4 Å². The van der Waals surface area contributed by atoms with Gasteiger partial charge in [0.25, 0.3) is 5.91 Å². The van der Waals surface area contributed by atoms with Gasteiger partial charge in [0, 0.05) is 35.6 Å². The summed E-state index contributed by atoms with van der Waals surface area (Å²) in [6.07, 6.45) is 1.02. The van der Waals surface area contributed by atoms with Crippen molar-refractivity contribution in [2.45, 2.75) is 26.3 Å². The minimum absolute atomic E-state index is 0.0665. The van der Waals surface area contributed by atoms with Crippen LogP contribution in [0, 0.1) is 0 Å². The summed E-state index contributed by atoms with van der Waals surface area (Å²) >= 11 is 3.40. The van der Waals surface area contributed by atoms with Crippen LogP contribution in [0.3, 0.4) is 0 Å². The number of esters is 1. The van der Waals surface area contributed by atoms with E-state index in [0.717, 1.165) is 15.6 Å². The highest BCUT2D eigenvalue weighted by Crippen LogP contribution is 2.19. The molecule has 0 bridgehead atoms. The fourth-order valence-electron chi connectivity index (χ4n) is 3.05. The van der Waals surface area contributed by atoms with Gasteiger partial charge in [-0.1, -0.05) is 52.3 Å². The molecule has 0 aliphatic rings. The molecule has 0 heterocycles. The normalized spacial score (nSPS) is 10.3. The summed E-state index contributed by atoms with van der Waals surface area (Å²) in [4.78, 5) is 36.1. The molecule has 0 radical (unpaired) electrons. The zero-order chi connectivity index (χ0) is 22.9. The summed E-state index contributed by atoms with van der Waals surface area (Å²) in [5, 5.41) is 5.77. The molecule has 3 aromatic carbocycles. The second kappa shape index (κ2) is 11.2. The Morgan fingerprint density at radius 1 is 0.938 bits per heavy atom. The van der Waals surface area contributed by atoms with E-state index in [0.29, 0.717) is 36.4 Å². The maximum atomic E-state index is 12.7. The average Bonchev–Trinajstić information content (AvgIpc) is 2.78. The number of nitrogens with one attached hydrogen (secondary N) is 2. The number of rotatable bonds is 8. The van der Waals surface area contributed by atoms with Crippen molar-refractivity contribution in [1.29, 1.82) is 0 Å². The maximum Gasteiger partial charge on any atom is 0.308 e. The summed E-state index contributed by atoms with van der Waals surface area (Å²) in [5.41, 5.74) is 2.83. The number of amides is 2. The average molecular weight is 495 g/mol. The van der Waals surface area contributed by atoms with Crippen molar-refractivity contribution in [2.24, 2.45) is 0 Å². The van der Waals surface area contributed by atoms with Gasteiger partial charge in [0.15, 0.2) is 0 Å². The van der Waals surface area contributed by atoms with Gasteiger partial charge in [0.05, 0.1) is 0 Å². The van der Waals surface area contributed by atoms with Crippen molar-refractivity contribution in [3.63, 3.8) is 0 Å². The van der Waals surface area contributed by atoms with Crippen LogP contribution in [0.1, 0.15) is 34.8 Å². The zero-order valence-electron chi connectivity index (χ0n) is 17.6. The van der Waals surface area contributed by atoms with Crippen molar-refractivity contribution in [3.05, 3.63) is 94.0 Å². The molecule has 3 rings (SSSR count). The first kappa shape index (κ1) is 23.2. The monoisotopic (exact) mass is 494 g/mol. The lowest BCUT2D eigenvalue weighted by Gasteiger charge is -2.12. The molecule has 164 valence electrons. The third kappa shape index (κ3) is 7.06. The summed E-state index contributed by atoms with van der Waals surface area (Å²) < 4.78 is 6.04. The Bertz CT molecular complexity index is 1110. The molecule has 0 unspecified atom stereocenters. The number of hydrogen-bond donors (Lipinski definition) is 2. The van der Waals surface area contributed by atoms with E-state index in [4.69, 9.17) is 4.74 Å². The SMILES string of the molecule is CC(=O)Oc1cccc(C(=O)Nc2ccccc2CNC(=O)CCc2ccc(Br)cc2)c1. The Hall–Kier alpha value is -3.45. The van der Waals surface area contributed by atoms with E-state index in [2.05, 4.69) is 26.6 Å². The van der Waals surface area contributed by atoms with Crippen molar-refractivity contribution in [3.8, 4) is 5.75 Å². The van der Waals surface area contributed by atoms with Gasteiger partial charge in [-0.25, -0.2) is 0 Å². The summed E-state index contributed by atoms with van der Waals surface area (Å²) in [6.45, 7) is 1.60. The zero-order valence-corrected chi connectivity index (χ0v) is 19.1. The number of para-hydroxylation sites is 1. The number of anilines is 1. The highest BCUT2D eigenvalue weighted by molar-refractivity contribution is 9.10. The minimum Gasteiger partial charge on any atom is -0.427 e. The fraction of sp³-hybridized carbons (Fsp3) is 0.160. The molecule has 32 heavy (non-hydrogen) atoms. The molecule has 0 saturated heterocycles. The molecular formula is C25H23BrN2O4. The van der Waals surface area contributed by atoms with Crippen LogP contribution < -0.4 is 15.4 Å². The molecule has 6 nitrogen and oxygen atoms in total. The lowest BCUT2D eigenvalue weighted by atomic mass is 10.1. The second-order valence-corrected chi connectivity index (χ2v) is 8.05. The van der Waals surface area contributed by atoms with E-state index in [-0.39, 0.29) is 11.8 Å². The summed E-state index contributed by atoms with van der Waals surface area (Å²) in [5.74, 6) is -0.559. The Morgan fingerprint density at radius 2 is 1.69 bits per heavy atom. The Labute approximate surface area is 195 Å². The van der Waals surface area contributed by atoms with Gasteiger partial charge < -0.3 is 15.4 Å².